The number of rotatable bonds is 6. The fourth-order valence-electron chi connectivity index (χ4n) is 2.20. The van der Waals surface area contributed by atoms with E-state index in [9.17, 15) is 0 Å². The second-order valence-corrected chi connectivity index (χ2v) is 7.05. The van der Waals surface area contributed by atoms with Crippen LogP contribution in [-0.2, 0) is 6.54 Å². The minimum Gasteiger partial charge on any atom is -0.491 e. The van der Waals surface area contributed by atoms with E-state index in [-0.39, 0.29) is 0 Å². The molecule has 0 aromatic heterocycles. The first-order chi connectivity index (χ1) is 10.5. The molecule has 0 saturated heterocycles. The maximum atomic E-state index is 5.76. The number of hydrogen-bond acceptors (Lipinski definition) is 2. The lowest BCUT2D eigenvalue weighted by molar-refractivity contribution is 0.313. The van der Waals surface area contributed by atoms with Gasteiger partial charge in [-0.1, -0.05) is 19.1 Å². The molecule has 2 nitrogen and oxygen atoms in total. The van der Waals surface area contributed by atoms with E-state index in [1.165, 1.54) is 22.4 Å². The molecule has 118 valence electrons. The maximum Gasteiger partial charge on any atom is 0.147 e. The molecule has 0 radical (unpaired) electrons. The zero-order valence-electron chi connectivity index (χ0n) is 13.2. The molecule has 0 spiro atoms. The smallest absolute Gasteiger partial charge is 0.147 e. The third-order valence-electron chi connectivity index (χ3n) is 3.60. The molecule has 0 aliphatic rings. The summed E-state index contributed by atoms with van der Waals surface area (Å²) >= 11 is 7.20. The average Bonchev–Trinajstić information content (AvgIpc) is 2.48. The maximum absolute atomic E-state index is 5.76. The fourth-order valence-corrected chi connectivity index (χ4v) is 3.71. The van der Waals surface area contributed by atoms with Crippen molar-refractivity contribution in [2.24, 2.45) is 0 Å². The molecule has 4 heteroatoms. The molecular weight excluding hydrogens is 406 g/mol. The standard InChI is InChI=1S/C18H21Br2NO/c1-4-8-22-18-15(19)9-14(10-16(18)20)11-21-17-7-5-6-12(2)13(17)3/h5-7,9-10,21H,4,8,11H2,1-3H3. The van der Waals surface area contributed by atoms with Gasteiger partial charge in [-0.05, 0) is 87.0 Å². The zero-order valence-corrected chi connectivity index (χ0v) is 16.3. The van der Waals surface area contributed by atoms with Crippen LogP contribution in [0, 0.1) is 13.8 Å². The molecule has 0 aliphatic heterocycles. The van der Waals surface area contributed by atoms with Crippen LogP contribution in [-0.4, -0.2) is 6.61 Å². The number of aryl methyl sites for hydroxylation is 1. The molecule has 0 heterocycles. The van der Waals surface area contributed by atoms with Crippen LogP contribution in [0.4, 0.5) is 5.69 Å². The number of nitrogens with one attached hydrogen (secondary N) is 1. The summed E-state index contributed by atoms with van der Waals surface area (Å²) in [6.45, 7) is 7.87. The van der Waals surface area contributed by atoms with Crippen LogP contribution < -0.4 is 10.1 Å². The van der Waals surface area contributed by atoms with E-state index in [0.29, 0.717) is 0 Å². The Balaban J connectivity index is 2.12. The van der Waals surface area contributed by atoms with Crippen LogP contribution in [0.25, 0.3) is 0 Å². The van der Waals surface area contributed by atoms with E-state index in [0.717, 1.165) is 34.3 Å². The van der Waals surface area contributed by atoms with Gasteiger partial charge in [0.1, 0.15) is 5.75 Å². The predicted octanol–water partition coefficient (Wildman–Crippen LogP) is 6.23. The zero-order chi connectivity index (χ0) is 16.1. The number of halogens is 2. The van der Waals surface area contributed by atoms with Crippen LogP contribution in [0.5, 0.6) is 5.75 Å². The van der Waals surface area contributed by atoms with Crippen molar-refractivity contribution in [1.82, 2.24) is 0 Å². The summed E-state index contributed by atoms with van der Waals surface area (Å²) in [7, 11) is 0. The Labute approximate surface area is 149 Å². The minimum absolute atomic E-state index is 0.720. The van der Waals surface area contributed by atoms with Crippen LogP contribution in [0.2, 0.25) is 0 Å². The highest BCUT2D eigenvalue weighted by molar-refractivity contribution is 9.11. The molecular formula is C18H21Br2NO. The van der Waals surface area contributed by atoms with Gasteiger partial charge in [0, 0.05) is 12.2 Å². The number of benzene rings is 2. The Morgan fingerprint density at radius 2 is 1.77 bits per heavy atom. The normalized spacial score (nSPS) is 10.6. The van der Waals surface area contributed by atoms with Gasteiger partial charge in [0.15, 0.2) is 0 Å². The monoisotopic (exact) mass is 425 g/mol. The Hall–Kier alpha value is -1.00. The molecule has 0 bridgehead atoms. The highest BCUT2D eigenvalue weighted by Crippen LogP contribution is 2.35. The van der Waals surface area contributed by atoms with Crippen LogP contribution in [0.15, 0.2) is 39.3 Å². The highest BCUT2D eigenvalue weighted by Gasteiger charge is 2.09. The predicted molar refractivity (Wildman–Crippen MR) is 101 cm³/mol. The Morgan fingerprint density at radius 1 is 1.09 bits per heavy atom. The van der Waals surface area contributed by atoms with Gasteiger partial charge in [0.25, 0.3) is 0 Å². The van der Waals surface area contributed by atoms with Crippen LogP contribution in [0.3, 0.4) is 0 Å². The molecule has 2 rings (SSSR count). The minimum atomic E-state index is 0.720. The summed E-state index contributed by atoms with van der Waals surface area (Å²) in [6.07, 6.45) is 0.995. The van der Waals surface area contributed by atoms with E-state index >= 15 is 0 Å². The van der Waals surface area contributed by atoms with E-state index in [2.05, 4.69) is 88.3 Å². The number of hydrogen-bond donors (Lipinski definition) is 1. The van der Waals surface area contributed by atoms with Crippen molar-refractivity contribution in [3.63, 3.8) is 0 Å². The van der Waals surface area contributed by atoms with Crippen molar-refractivity contribution in [2.45, 2.75) is 33.7 Å². The number of anilines is 1. The first kappa shape index (κ1) is 17.4. The topological polar surface area (TPSA) is 21.3 Å². The van der Waals surface area contributed by atoms with Crippen molar-refractivity contribution in [2.75, 3.05) is 11.9 Å². The van der Waals surface area contributed by atoms with Gasteiger partial charge in [-0.15, -0.1) is 0 Å². The Kier molecular flexibility index (Phi) is 6.33. The van der Waals surface area contributed by atoms with Gasteiger partial charge in [-0.3, -0.25) is 0 Å². The van der Waals surface area contributed by atoms with Gasteiger partial charge >= 0.3 is 0 Å². The largest absolute Gasteiger partial charge is 0.491 e. The molecule has 0 atom stereocenters. The van der Waals surface area contributed by atoms with Gasteiger partial charge in [0.05, 0.1) is 15.6 Å². The molecule has 2 aromatic rings. The summed E-state index contributed by atoms with van der Waals surface area (Å²) in [6, 6.07) is 10.5. The third-order valence-corrected chi connectivity index (χ3v) is 4.77. The summed E-state index contributed by atoms with van der Waals surface area (Å²) in [5.74, 6) is 0.873. The first-order valence-electron chi connectivity index (χ1n) is 7.43. The average molecular weight is 427 g/mol. The van der Waals surface area contributed by atoms with Crippen molar-refractivity contribution >= 4 is 37.5 Å². The summed E-state index contributed by atoms with van der Waals surface area (Å²) in [5.41, 5.74) is 4.97. The van der Waals surface area contributed by atoms with Gasteiger partial charge in [-0.2, -0.15) is 0 Å². The van der Waals surface area contributed by atoms with Gasteiger partial charge < -0.3 is 10.1 Å². The lowest BCUT2D eigenvalue weighted by Gasteiger charge is -2.14. The SMILES string of the molecule is CCCOc1c(Br)cc(CNc2cccc(C)c2C)cc1Br. The van der Waals surface area contributed by atoms with Crippen molar-refractivity contribution in [1.29, 1.82) is 0 Å². The molecule has 1 N–H and O–H groups in total. The summed E-state index contributed by atoms with van der Waals surface area (Å²) in [4.78, 5) is 0. The van der Waals surface area contributed by atoms with Crippen LogP contribution >= 0.6 is 31.9 Å². The van der Waals surface area contributed by atoms with Crippen molar-refractivity contribution < 1.29 is 4.74 Å². The van der Waals surface area contributed by atoms with Gasteiger partial charge in [0.2, 0.25) is 0 Å². The Morgan fingerprint density at radius 3 is 2.41 bits per heavy atom. The Bertz CT molecular complexity index is 633. The second-order valence-electron chi connectivity index (χ2n) is 5.34. The van der Waals surface area contributed by atoms with E-state index in [1.807, 2.05) is 0 Å². The van der Waals surface area contributed by atoms with Crippen molar-refractivity contribution in [3.05, 3.63) is 56.0 Å². The second kappa shape index (κ2) is 8.02. The third kappa shape index (κ3) is 4.26. The molecule has 0 unspecified atom stereocenters. The van der Waals surface area contributed by atoms with Gasteiger partial charge in [-0.25, -0.2) is 0 Å². The van der Waals surface area contributed by atoms with Crippen LogP contribution in [0.1, 0.15) is 30.0 Å². The first-order valence-corrected chi connectivity index (χ1v) is 9.02. The molecule has 2 aromatic carbocycles. The summed E-state index contributed by atoms with van der Waals surface area (Å²) in [5, 5.41) is 3.50. The fraction of sp³-hybridized carbons (Fsp3) is 0.333. The molecule has 22 heavy (non-hydrogen) atoms. The quantitative estimate of drug-likeness (QED) is 0.591. The van der Waals surface area contributed by atoms with E-state index in [1.54, 1.807) is 0 Å². The highest BCUT2D eigenvalue weighted by atomic mass is 79.9. The molecule has 0 aliphatic carbocycles. The molecule has 0 fully saturated rings. The number of ether oxygens (including phenoxy) is 1. The molecule has 0 amide bonds. The molecule has 0 saturated carbocycles. The summed E-state index contributed by atoms with van der Waals surface area (Å²) < 4.78 is 7.71. The van der Waals surface area contributed by atoms with Crippen molar-refractivity contribution in [3.8, 4) is 5.75 Å². The van der Waals surface area contributed by atoms with E-state index in [4.69, 9.17) is 4.74 Å². The lowest BCUT2D eigenvalue weighted by atomic mass is 10.1. The lowest BCUT2D eigenvalue weighted by Crippen LogP contribution is -2.03. The van der Waals surface area contributed by atoms with E-state index < -0.39 is 0 Å².